The maximum absolute atomic E-state index is 13.4. The van der Waals surface area contributed by atoms with Gasteiger partial charge in [0.2, 0.25) is 11.8 Å². The zero-order chi connectivity index (χ0) is 25.4. The number of fused-ring (bicyclic) bond motifs is 1. The summed E-state index contributed by atoms with van der Waals surface area (Å²) in [5.41, 5.74) is 0.832. The van der Waals surface area contributed by atoms with Gasteiger partial charge < -0.3 is 5.32 Å². The largest absolute Gasteiger partial charge is 0.416 e. The number of nitrogens with zero attached hydrogens (tertiary/aromatic N) is 1. The number of alkyl halides is 3. The van der Waals surface area contributed by atoms with Crippen LogP contribution in [0.3, 0.4) is 0 Å². The van der Waals surface area contributed by atoms with Crippen LogP contribution in [0, 0.1) is 5.92 Å². The number of para-hydroxylation sites is 1. The quantitative estimate of drug-likeness (QED) is 0.529. The van der Waals surface area contributed by atoms with Crippen molar-refractivity contribution in [3.8, 4) is 0 Å². The maximum atomic E-state index is 13.4. The summed E-state index contributed by atoms with van der Waals surface area (Å²) in [7, 11) is -3.36. The highest BCUT2D eigenvalue weighted by Crippen LogP contribution is 2.39. The third kappa shape index (κ3) is 5.22. The lowest BCUT2D eigenvalue weighted by molar-refractivity contribution is -0.138. The molecule has 3 aromatic carbocycles. The first-order chi connectivity index (χ1) is 16.4. The molecule has 0 spiro atoms. The van der Waals surface area contributed by atoms with Crippen molar-refractivity contribution in [1.82, 2.24) is 5.32 Å². The van der Waals surface area contributed by atoms with Crippen molar-refractivity contribution >= 4 is 33.0 Å². The van der Waals surface area contributed by atoms with Crippen LogP contribution < -0.4 is 10.2 Å². The van der Waals surface area contributed by atoms with Crippen LogP contribution in [0.2, 0.25) is 0 Å². The highest BCUT2D eigenvalue weighted by Gasteiger charge is 2.39. The van der Waals surface area contributed by atoms with Crippen LogP contribution in [0.15, 0.2) is 77.7 Å². The molecule has 0 saturated heterocycles. The lowest BCUT2D eigenvalue weighted by Crippen LogP contribution is -2.46. The molecule has 35 heavy (non-hydrogen) atoms. The van der Waals surface area contributed by atoms with E-state index in [2.05, 4.69) is 5.32 Å². The third-order valence-electron chi connectivity index (χ3n) is 5.74. The monoisotopic (exact) mass is 502 g/mol. The van der Waals surface area contributed by atoms with E-state index in [9.17, 15) is 31.2 Å². The maximum Gasteiger partial charge on any atom is 0.416 e. The number of benzene rings is 3. The van der Waals surface area contributed by atoms with E-state index in [1.54, 1.807) is 36.4 Å². The average molecular weight is 503 g/mol. The summed E-state index contributed by atoms with van der Waals surface area (Å²) >= 11 is 0. The summed E-state index contributed by atoms with van der Waals surface area (Å²) < 4.78 is 63.1. The molecule has 0 aliphatic carbocycles. The van der Waals surface area contributed by atoms with Gasteiger partial charge in [-0.2, -0.15) is 13.2 Å². The zero-order valence-electron chi connectivity index (χ0n) is 18.5. The fraction of sp³-hybridized carbons (Fsp3) is 0.200. The Hall–Kier alpha value is -3.66. The molecule has 1 aliphatic heterocycles. The number of halogens is 3. The first-order valence-corrected chi connectivity index (χ1v) is 12.5. The minimum absolute atomic E-state index is 0.0196. The molecule has 2 amide bonds. The van der Waals surface area contributed by atoms with Gasteiger partial charge in [-0.15, -0.1) is 0 Å². The molecule has 3 aromatic rings. The molecule has 0 radical (unpaired) electrons. The van der Waals surface area contributed by atoms with E-state index in [-0.39, 0.29) is 23.5 Å². The molecule has 4 rings (SSSR count). The summed E-state index contributed by atoms with van der Waals surface area (Å²) in [6.07, 6.45) is -3.40. The molecule has 182 valence electrons. The number of sulfone groups is 1. The van der Waals surface area contributed by atoms with Crippen molar-refractivity contribution in [3.05, 3.63) is 89.5 Å². The summed E-state index contributed by atoms with van der Waals surface area (Å²) in [6, 6.07) is 17.2. The molecule has 0 bridgehead atoms. The first-order valence-electron chi connectivity index (χ1n) is 10.6. The highest BCUT2D eigenvalue weighted by atomic mass is 32.2. The Kier molecular flexibility index (Phi) is 6.42. The van der Waals surface area contributed by atoms with E-state index in [1.807, 2.05) is 0 Å². The number of nitrogens with one attached hydrogen (secondary N) is 1. The molecule has 1 unspecified atom stereocenters. The Morgan fingerprint density at radius 2 is 1.71 bits per heavy atom. The predicted molar refractivity (Wildman–Crippen MR) is 124 cm³/mol. The molecule has 1 atom stereocenters. The number of amides is 2. The minimum atomic E-state index is -4.59. The van der Waals surface area contributed by atoms with Crippen LogP contribution in [0.4, 0.5) is 24.5 Å². The Bertz CT molecular complexity index is 1390. The standard InChI is InChI=1S/C25H21F3N2O4S/c1-35(33,34)20-11-9-16(10-12-20)15-29-23(31)21-13-17-5-2-3-8-22(17)30(24(21)32)19-7-4-6-18(14-19)25(26,27)28/h2-12,14,21H,13,15H2,1H3,(H,29,31). The van der Waals surface area contributed by atoms with E-state index >= 15 is 0 Å². The third-order valence-corrected chi connectivity index (χ3v) is 6.87. The van der Waals surface area contributed by atoms with Gasteiger partial charge in [0, 0.05) is 18.5 Å². The van der Waals surface area contributed by atoms with Gasteiger partial charge in [0.1, 0.15) is 5.92 Å². The summed E-state index contributed by atoms with van der Waals surface area (Å²) in [5, 5.41) is 2.68. The van der Waals surface area contributed by atoms with Crippen molar-refractivity contribution in [3.63, 3.8) is 0 Å². The summed E-state index contributed by atoms with van der Waals surface area (Å²) in [4.78, 5) is 27.7. The van der Waals surface area contributed by atoms with Crippen LogP contribution in [0.5, 0.6) is 0 Å². The topological polar surface area (TPSA) is 83.6 Å². The van der Waals surface area contributed by atoms with Crippen molar-refractivity contribution in [2.45, 2.75) is 24.0 Å². The Balaban J connectivity index is 1.59. The number of hydrogen-bond acceptors (Lipinski definition) is 4. The lowest BCUT2D eigenvalue weighted by atomic mass is 9.90. The van der Waals surface area contributed by atoms with Crippen LogP contribution in [-0.2, 0) is 38.6 Å². The second-order valence-corrected chi connectivity index (χ2v) is 10.3. The van der Waals surface area contributed by atoms with Gasteiger partial charge in [-0.1, -0.05) is 36.4 Å². The van der Waals surface area contributed by atoms with Gasteiger partial charge >= 0.3 is 6.18 Å². The van der Waals surface area contributed by atoms with Gasteiger partial charge in [-0.05, 0) is 53.9 Å². The molecule has 0 saturated carbocycles. The lowest BCUT2D eigenvalue weighted by Gasteiger charge is -2.34. The number of carbonyl (C=O) groups is 2. The number of anilines is 2. The van der Waals surface area contributed by atoms with Crippen molar-refractivity contribution < 1.29 is 31.2 Å². The normalized spacial score (nSPS) is 16.1. The van der Waals surface area contributed by atoms with E-state index in [0.717, 1.165) is 23.3 Å². The molecule has 1 aliphatic rings. The smallest absolute Gasteiger partial charge is 0.351 e. The van der Waals surface area contributed by atoms with E-state index < -0.39 is 39.3 Å². The molecule has 0 aromatic heterocycles. The fourth-order valence-corrected chi connectivity index (χ4v) is 4.57. The average Bonchev–Trinajstić information content (AvgIpc) is 2.81. The Morgan fingerprint density at radius 3 is 2.37 bits per heavy atom. The van der Waals surface area contributed by atoms with E-state index in [1.165, 1.54) is 24.3 Å². The van der Waals surface area contributed by atoms with E-state index in [4.69, 9.17) is 0 Å². The molecule has 10 heteroatoms. The van der Waals surface area contributed by atoms with E-state index in [0.29, 0.717) is 16.8 Å². The molecule has 6 nitrogen and oxygen atoms in total. The van der Waals surface area contributed by atoms with Gasteiger partial charge in [0.05, 0.1) is 16.1 Å². The number of rotatable bonds is 5. The molecular formula is C25H21F3N2O4S. The zero-order valence-corrected chi connectivity index (χ0v) is 19.4. The molecule has 0 fully saturated rings. The second-order valence-electron chi connectivity index (χ2n) is 8.24. The minimum Gasteiger partial charge on any atom is -0.351 e. The predicted octanol–water partition coefficient (Wildman–Crippen LogP) is 4.26. The second kappa shape index (κ2) is 9.18. The fourth-order valence-electron chi connectivity index (χ4n) is 3.94. The summed E-state index contributed by atoms with van der Waals surface area (Å²) in [6.45, 7) is 0.0534. The van der Waals surface area contributed by atoms with Gasteiger partial charge in [0.15, 0.2) is 9.84 Å². The van der Waals surface area contributed by atoms with Crippen molar-refractivity contribution in [2.75, 3.05) is 11.2 Å². The number of carbonyl (C=O) groups excluding carboxylic acids is 2. The molecular weight excluding hydrogens is 481 g/mol. The first kappa shape index (κ1) is 24.5. The van der Waals surface area contributed by atoms with Crippen molar-refractivity contribution in [2.24, 2.45) is 5.92 Å². The van der Waals surface area contributed by atoms with Crippen LogP contribution in [-0.4, -0.2) is 26.5 Å². The molecule has 1 heterocycles. The number of hydrogen-bond donors (Lipinski definition) is 1. The van der Waals surface area contributed by atoms with Gasteiger partial charge in [-0.3, -0.25) is 14.5 Å². The van der Waals surface area contributed by atoms with Crippen LogP contribution >= 0.6 is 0 Å². The Morgan fingerprint density at radius 1 is 1.03 bits per heavy atom. The molecule has 1 N–H and O–H groups in total. The van der Waals surface area contributed by atoms with Crippen LogP contribution in [0.1, 0.15) is 16.7 Å². The van der Waals surface area contributed by atoms with Gasteiger partial charge in [0.25, 0.3) is 0 Å². The Labute approximate surface area is 200 Å². The highest BCUT2D eigenvalue weighted by molar-refractivity contribution is 7.90. The van der Waals surface area contributed by atoms with Gasteiger partial charge in [-0.25, -0.2) is 8.42 Å². The summed E-state index contributed by atoms with van der Waals surface area (Å²) in [5.74, 6) is -2.35. The van der Waals surface area contributed by atoms with Crippen molar-refractivity contribution in [1.29, 1.82) is 0 Å². The van der Waals surface area contributed by atoms with Crippen LogP contribution in [0.25, 0.3) is 0 Å². The SMILES string of the molecule is CS(=O)(=O)c1ccc(CNC(=O)C2Cc3ccccc3N(c3cccc(C(F)(F)F)c3)C2=O)cc1.